The molecule has 0 heterocycles. The van der Waals surface area contributed by atoms with Crippen LogP contribution in [0.1, 0.15) is 5.56 Å². The summed E-state index contributed by atoms with van der Waals surface area (Å²) in [7, 11) is 1.64. The maximum absolute atomic E-state index is 7.44. The molecule has 1 rings (SSSR count). The van der Waals surface area contributed by atoms with Gasteiger partial charge in [0.2, 0.25) is 0 Å². The maximum Gasteiger partial charge on any atom is 0.130 e. The van der Waals surface area contributed by atoms with Crippen LogP contribution in [0.15, 0.2) is 24.3 Å². The summed E-state index contributed by atoms with van der Waals surface area (Å²) in [4.78, 5) is 0. The first kappa shape index (κ1) is 16.4. The minimum absolute atomic E-state index is 0.00642. The second-order valence-electron chi connectivity index (χ2n) is 3.98. The monoisotopic (exact) mass is 282 g/mol. The van der Waals surface area contributed by atoms with Crippen molar-refractivity contribution in [2.24, 2.45) is 5.73 Å². The van der Waals surface area contributed by atoms with Crippen molar-refractivity contribution in [3.63, 3.8) is 0 Å². The summed E-state index contributed by atoms with van der Waals surface area (Å²) in [5.74, 6) is 0.591. The van der Waals surface area contributed by atoms with E-state index in [0.717, 1.165) is 0 Å². The zero-order valence-corrected chi connectivity index (χ0v) is 11.8. The van der Waals surface area contributed by atoms with Gasteiger partial charge >= 0.3 is 0 Å². The summed E-state index contributed by atoms with van der Waals surface area (Å²) in [6.07, 6.45) is 0. The average molecular weight is 282 g/mol. The largest absolute Gasteiger partial charge is 0.490 e. The number of rotatable bonds is 11. The van der Waals surface area contributed by atoms with Crippen LogP contribution in [0.3, 0.4) is 0 Å². The molecule has 0 radical (unpaired) electrons. The highest BCUT2D eigenvalue weighted by Gasteiger charge is 2.04. The third kappa shape index (κ3) is 6.51. The Balaban J connectivity index is 2.11. The maximum atomic E-state index is 7.44. The third-order valence-electron chi connectivity index (χ3n) is 2.47. The fourth-order valence-corrected chi connectivity index (χ4v) is 1.49. The quantitative estimate of drug-likeness (QED) is 0.359. The third-order valence-corrected chi connectivity index (χ3v) is 2.47. The molecule has 0 amide bonds. The van der Waals surface area contributed by atoms with Crippen molar-refractivity contribution in [2.75, 3.05) is 46.8 Å². The van der Waals surface area contributed by atoms with E-state index in [1.165, 1.54) is 0 Å². The van der Waals surface area contributed by atoms with Crippen molar-refractivity contribution in [1.82, 2.24) is 0 Å². The molecule has 0 atom stereocenters. The second-order valence-corrected chi connectivity index (χ2v) is 3.98. The lowest BCUT2D eigenvalue weighted by molar-refractivity contribution is 0.0179. The van der Waals surface area contributed by atoms with Crippen LogP contribution >= 0.6 is 0 Å². The second kappa shape index (κ2) is 10.2. The van der Waals surface area contributed by atoms with Gasteiger partial charge in [-0.05, 0) is 12.1 Å². The molecule has 0 aliphatic rings. The predicted octanol–water partition coefficient (Wildman–Crippen LogP) is 1.03. The molecule has 6 nitrogen and oxygen atoms in total. The van der Waals surface area contributed by atoms with Crippen LogP contribution in [0.5, 0.6) is 5.75 Å². The van der Waals surface area contributed by atoms with Crippen LogP contribution in [0.4, 0.5) is 0 Å². The number of amidine groups is 1. The first-order valence-corrected chi connectivity index (χ1v) is 6.46. The molecule has 6 heteroatoms. The lowest BCUT2D eigenvalue weighted by Gasteiger charge is -2.10. The molecule has 0 aliphatic heterocycles. The number of hydrogen-bond acceptors (Lipinski definition) is 5. The number of methoxy groups -OCH3 is 1. The smallest absolute Gasteiger partial charge is 0.130 e. The van der Waals surface area contributed by atoms with E-state index >= 15 is 0 Å². The van der Waals surface area contributed by atoms with Gasteiger partial charge in [0, 0.05) is 7.11 Å². The van der Waals surface area contributed by atoms with Gasteiger partial charge < -0.3 is 24.7 Å². The molecule has 0 aliphatic carbocycles. The first-order valence-electron chi connectivity index (χ1n) is 6.46. The topological polar surface area (TPSA) is 86.8 Å². The van der Waals surface area contributed by atoms with E-state index < -0.39 is 0 Å². The number of para-hydroxylation sites is 1. The van der Waals surface area contributed by atoms with Crippen molar-refractivity contribution in [3.05, 3.63) is 29.8 Å². The summed E-state index contributed by atoms with van der Waals surface area (Å²) in [6.45, 7) is 3.07. The van der Waals surface area contributed by atoms with E-state index in [0.29, 0.717) is 51.0 Å². The van der Waals surface area contributed by atoms with Crippen LogP contribution in [0.2, 0.25) is 0 Å². The van der Waals surface area contributed by atoms with Gasteiger partial charge in [0.25, 0.3) is 0 Å². The van der Waals surface area contributed by atoms with E-state index in [1.807, 2.05) is 12.1 Å². The van der Waals surface area contributed by atoms with Gasteiger partial charge in [-0.25, -0.2) is 0 Å². The Morgan fingerprint density at radius 3 is 2.25 bits per heavy atom. The molecule has 0 saturated carbocycles. The zero-order chi connectivity index (χ0) is 14.6. The highest BCUT2D eigenvalue weighted by atomic mass is 16.6. The van der Waals surface area contributed by atoms with Gasteiger partial charge in [-0.15, -0.1) is 0 Å². The van der Waals surface area contributed by atoms with Crippen molar-refractivity contribution in [3.8, 4) is 5.75 Å². The van der Waals surface area contributed by atoms with Gasteiger partial charge in [0.1, 0.15) is 18.2 Å². The Hall–Kier alpha value is -1.63. The summed E-state index contributed by atoms with van der Waals surface area (Å²) < 4.78 is 21.0. The van der Waals surface area contributed by atoms with E-state index in [2.05, 4.69) is 0 Å². The SMILES string of the molecule is COCCOCCOCCOc1ccccc1C(=N)N. The Bertz CT molecular complexity index is 399. The van der Waals surface area contributed by atoms with Crippen molar-refractivity contribution < 1.29 is 18.9 Å². The lowest BCUT2D eigenvalue weighted by Crippen LogP contribution is -2.15. The standard InChI is InChI=1S/C14H22N2O4/c1-17-6-7-18-8-9-19-10-11-20-13-5-3-2-4-12(13)14(15)16/h2-5H,6-11H2,1H3,(H3,15,16). The molecular weight excluding hydrogens is 260 g/mol. The Labute approximate surface area is 119 Å². The minimum Gasteiger partial charge on any atom is -0.490 e. The molecule has 3 N–H and O–H groups in total. The number of nitrogen functional groups attached to an aromatic ring is 1. The van der Waals surface area contributed by atoms with E-state index in [1.54, 1.807) is 19.2 Å². The highest BCUT2D eigenvalue weighted by molar-refractivity contribution is 5.97. The van der Waals surface area contributed by atoms with Gasteiger partial charge in [0.05, 0.1) is 38.6 Å². The summed E-state index contributed by atoms with van der Waals surface area (Å²) in [6, 6.07) is 7.19. The Kier molecular flexibility index (Phi) is 8.37. The normalized spacial score (nSPS) is 10.4. The van der Waals surface area contributed by atoms with Crippen LogP contribution in [-0.2, 0) is 14.2 Å². The number of hydrogen-bond donors (Lipinski definition) is 2. The molecular formula is C14H22N2O4. The Morgan fingerprint density at radius 1 is 1.00 bits per heavy atom. The van der Waals surface area contributed by atoms with Crippen molar-refractivity contribution >= 4 is 5.84 Å². The molecule has 20 heavy (non-hydrogen) atoms. The fraction of sp³-hybridized carbons (Fsp3) is 0.500. The van der Waals surface area contributed by atoms with Crippen molar-refractivity contribution in [2.45, 2.75) is 0 Å². The van der Waals surface area contributed by atoms with Gasteiger partial charge in [-0.2, -0.15) is 0 Å². The van der Waals surface area contributed by atoms with Gasteiger partial charge in [0.15, 0.2) is 0 Å². The molecule has 112 valence electrons. The number of nitrogens with two attached hydrogens (primary N) is 1. The fourth-order valence-electron chi connectivity index (χ4n) is 1.49. The molecule has 0 unspecified atom stereocenters. The van der Waals surface area contributed by atoms with E-state index in [-0.39, 0.29) is 5.84 Å². The minimum atomic E-state index is -0.00642. The molecule has 0 fully saturated rings. The van der Waals surface area contributed by atoms with Gasteiger partial charge in [-0.1, -0.05) is 12.1 Å². The molecule has 0 bridgehead atoms. The number of nitrogens with one attached hydrogen (secondary N) is 1. The highest BCUT2D eigenvalue weighted by Crippen LogP contribution is 2.16. The van der Waals surface area contributed by atoms with Gasteiger partial charge in [-0.3, -0.25) is 5.41 Å². The lowest BCUT2D eigenvalue weighted by atomic mass is 10.2. The molecule has 1 aromatic rings. The van der Waals surface area contributed by atoms with Crippen LogP contribution in [0.25, 0.3) is 0 Å². The predicted molar refractivity (Wildman–Crippen MR) is 76.5 cm³/mol. The molecule has 0 saturated heterocycles. The summed E-state index contributed by atoms with van der Waals surface area (Å²) >= 11 is 0. The molecule has 0 aromatic heterocycles. The molecule has 1 aromatic carbocycles. The van der Waals surface area contributed by atoms with Crippen LogP contribution < -0.4 is 10.5 Å². The van der Waals surface area contributed by atoms with Crippen LogP contribution in [0, 0.1) is 5.41 Å². The van der Waals surface area contributed by atoms with Crippen LogP contribution in [-0.4, -0.2) is 52.6 Å². The summed E-state index contributed by atoms with van der Waals surface area (Å²) in [5.41, 5.74) is 6.06. The zero-order valence-electron chi connectivity index (χ0n) is 11.8. The Morgan fingerprint density at radius 2 is 1.60 bits per heavy atom. The first-order chi connectivity index (χ1) is 9.75. The average Bonchev–Trinajstić information content (AvgIpc) is 2.46. The summed E-state index contributed by atoms with van der Waals surface area (Å²) in [5, 5.41) is 7.44. The van der Waals surface area contributed by atoms with E-state index in [4.69, 9.17) is 30.1 Å². The number of benzene rings is 1. The van der Waals surface area contributed by atoms with E-state index in [9.17, 15) is 0 Å². The molecule has 0 spiro atoms. The number of ether oxygens (including phenoxy) is 4. The van der Waals surface area contributed by atoms with Crippen molar-refractivity contribution in [1.29, 1.82) is 5.41 Å².